The first-order chi connectivity index (χ1) is 9.07. The van der Waals surface area contributed by atoms with Gasteiger partial charge in [0.2, 0.25) is 0 Å². The highest BCUT2D eigenvalue weighted by Gasteiger charge is 2.62. The minimum atomic E-state index is 0.582. The molecule has 0 bridgehead atoms. The second-order valence-corrected chi connectivity index (χ2v) is 7.17. The lowest BCUT2D eigenvalue weighted by Crippen LogP contribution is -2.29. The summed E-state index contributed by atoms with van der Waals surface area (Å²) in [6.45, 7) is 9.29. The van der Waals surface area contributed by atoms with Crippen molar-refractivity contribution in [1.82, 2.24) is 9.97 Å². The van der Waals surface area contributed by atoms with Crippen LogP contribution in [0, 0.1) is 24.2 Å². The number of aryl methyl sites for hydroxylation is 2. The zero-order valence-electron chi connectivity index (χ0n) is 12.2. The Kier molecular flexibility index (Phi) is 2.28. The average Bonchev–Trinajstić information content (AvgIpc) is 2.79. The van der Waals surface area contributed by atoms with Gasteiger partial charge in [0.25, 0.3) is 0 Å². The minimum Gasteiger partial charge on any atom is -0.356 e. The van der Waals surface area contributed by atoms with Gasteiger partial charge in [0, 0.05) is 24.3 Å². The van der Waals surface area contributed by atoms with Crippen molar-refractivity contribution in [3.05, 3.63) is 17.1 Å². The highest BCUT2D eigenvalue weighted by Crippen LogP contribution is 2.62. The van der Waals surface area contributed by atoms with Crippen LogP contribution in [0.4, 0.5) is 5.82 Å². The summed E-state index contributed by atoms with van der Waals surface area (Å²) in [5, 5.41) is 0. The molecule has 2 aliphatic carbocycles. The molecule has 1 aliphatic heterocycles. The summed E-state index contributed by atoms with van der Waals surface area (Å²) >= 11 is 0. The molecule has 3 aliphatic rings. The van der Waals surface area contributed by atoms with E-state index in [4.69, 9.17) is 4.98 Å². The first-order valence-electron chi connectivity index (χ1n) is 7.68. The van der Waals surface area contributed by atoms with E-state index in [1.807, 2.05) is 6.92 Å². The van der Waals surface area contributed by atoms with Gasteiger partial charge in [-0.2, -0.15) is 0 Å². The van der Waals surface area contributed by atoms with Gasteiger partial charge in [-0.05, 0) is 49.9 Å². The number of fused-ring (bicyclic) bond motifs is 2. The Bertz CT molecular complexity index is 521. The molecule has 0 radical (unpaired) electrons. The Morgan fingerprint density at radius 1 is 1.05 bits per heavy atom. The Labute approximate surface area is 115 Å². The molecule has 3 heteroatoms. The van der Waals surface area contributed by atoms with Crippen molar-refractivity contribution in [2.75, 3.05) is 18.0 Å². The van der Waals surface area contributed by atoms with E-state index in [0.29, 0.717) is 5.41 Å². The number of hydrogen-bond donors (Lipinski definition) is 0. The molecular formula is C16H23N3. The summed E-state index contributed by atoms with van der Waals surface area (Å²) in [6.07, 6.45) is 4.93. The van der Waals surface area contributed by atoms with Gasteiger partial charge in [-0.15, -0.1) is 0 Å². The smallest absolute Gasteiger partial charge is 0.135 e. The normalized spacial score (nSPS) is 31.0. The molecule has 1 aromatic rings. The predicted octanol–water partition coefficient (Wildman–Crippen LogP) is 2.76. The van der Waals surface area contributed by atoms with E-state index >= 15 is 0 Å². The Hall–Kier alpha value is -1.12. The third-order valence-corrected chi connectivity index (χ3v) is 5.69. The molecule has 0 N–H and O–H groups in total. The van der Waals surface area contributed by atoms with E-state index in [1.165, 1.54) is 49.4 Å². The molecule has 2 heterocycles. The molecular weight excluding hydrogens is 234 g/mol. The predicted molar refractivity (Wildman–Crippen MR) is 76.4 cm³/mol. The van der Waals surface area contributed by atoms with Crippen molar-refractivity contribution in [1.29, 1.82) is 0 Å². The lowest BCUT2D eigenvalue weighted by Gasteiger charge is -2.28. The van der Waals surface area contributed by atoms with Crippen LogP contribution in [0.2, 0.25) is 0 Å². The van der Waals surface area contributed by atoms with Crippen LogP contribution < -0.4 is 4.90 Å². The molecule has 2 fully saturated rings. The molecule has 1 saturated carbocycles. The second kappa shape index (κ2) is 3.71. The fourth-order valence-corrected chi connectivity index (χ4v) is 4.26. The van der Waals surface area contributed by atoms with Gasteiger partial charge in [0.1, 0.15) is 11.6 Å². The molecule has 4 rings (SSSR count). The molecule has 0 aromatic carbocycles. The third kappa shape index (κ3) is 1.63. The summed E-state index contributed by atoms with van der Waals surface area (Å²) in [5.74, 6) is 4.00. The second-order valence-electron chi connectivity index (χ2n) is 7.17. The van der Waals surface area contributed by atoms with E-state index in [2.05, 4.69) is 23.7 Å². The molecule has 3 nitrogen and oxygen atoms in total. The fourth-order valence-electron chi connectivity index (χ4n) is 4.26. The van der Waals surface area contributed by atoms with E-state index in [0.717, 1.165) is 24.1 Å². The number of aromatic nitrogens is 2. The Morgan fingerprint density at radius 3 is 2.47 bits per heavy atom. The fraction of sp³-hybridized carbons (Fsp3) is 0.750. The largest absolute Gasteiger partial charge is 0.356 e. The first kappa shape index (κ1) is 11.7. The number of piperidine rings is 1. The van der Waals surface area contributed by atoms with Gasteiger partial charge in [-0.25, -0.2) is 9.97 Å². The molecule has 102 valence electrons. The zero-order valence-corrected chi connectivity index (χ0v) is 12.2. The molecule has 2 atom stereocenters. The standard InChI is InChI=1S/C16H23N3/c1-10-17-14-7-5-4-6-11(14)15(18-10)19-8-12-13(9-19)16(12,2)3/h12-13H,4-9H2,1-3H3. The highest BCUT2D eigenvalue weighted by molar-refractivity contribution is 5.52. The average molecular weight is 257 g/mol. The van der Waals surface area contributed by atoms with Crippen molar-refractivity contribution in [3.63, 3.8) is 0 Å². The summed E-state index contributed by atoms with van der Waals surface area (Å²) in [5.41, 5.74) is 3.36. The van der Waals surface area contributed by atoms with Crippen molar-refractivity contribution in [2.24, 2.45) is 17.3 Å². The maximum absolute atomic E-state index is 4.79. The molecule has 19 heavy (non-hydrogen) atoms. The summed E-state index contributed by atoms with van der Waals surface area (Å²) in [4.78, 5) is 12.0. The highest BCUT2D eigenvalue weighted by atomic mass is 15.2. The number of anilines is 1. The van der Waals surface area contributed by atoms with Crippen molar-refractivity contribution < 1.29 is 0 Å². The Balaban J connectivity index is 1.67. The molecule has 1 saturated heterocycles. The van der Waals surface area contributed by atoms with Gasteiger partial charge < -0.3 is 4.90 Å². The van der Waals surface area contributed by atoms with Crippen LogP contribution in [-0.4, -0.2) is 23.1 Å². The molecule has 1 aromatic heterocycles. The number of hydrogen-bond acceptors (Lipinski definition) is 3. The molecule has 0 amide bonds. The number of rotatable bonds is 1. The van der Waals surface area contributed by atoms with Crippen LogP contribution >= 0.6 is 0 Å². The minimum absolute atomic E-state index is 0.582. The lowest BCUT2D eigenvalue weighted by atomic mass is 9.95. The zero-order chi connectivity index (χ0) is 13.2. The first-order valence-corrected chi connectivity index (χ1v) is 7.68. The van der Waals surface area contributed by atoms with Crippen LogP contribution in [0.1, 0.15) is 43.8 Å². The van der Waals surface area contributed by atoms with E-state index < -0.39 is 0 Å². The summed E-state index contributed by atoms with van der Waals surface area (Å²) < 4.78 is 0. The van der Waals surface area contributed by atoms with Crippen LogP contribution in [0.15, 0.2) is 0 Å². The maximum Gasteiger partial charge on any atom is 0.135 e. The van der Waals surface area contributed by atoms with Crippen molar-refractivity contribution in [2.45, 2.75) is 46.5 Å². The van der Waals surface area contributed by atoms with Crippen LogP contribution in [0.3, 0.4) is 0 Å². The summed E-state index contributed by atoms with van der Waals surface area (Å²) in [6, 6.07) is 0. The van der Waals surface area contributed by atoms with Crippen LogP contribution in [0.5, 0.6) is 0 Å². The topological polar surface area (TPSA) is 29.0 Å². The van der Waals surface area contributed by atoms with Crippen LogP contribution in [-0.2, 0) is 12.8 Å². The van der Waals surface area contributed by atoms with Gasteiger partial charge in [0.15, 0.2) is 0 Å². The van der Waals surface area contributed by atoms with Gasteiger partial charge >= 0.3 is 0 Å². The number of nitrogens with zero attached hydrogens (tertiary/aromatic N) is 3. The van der Waals surface area contributed by atoms with Gasteiger partial charge in [-0.1, -0.05) is 13.8 Å². The summed E-state index contributed by atoms with van der Waals surface area (Å²) in [7, 11) is 0. The maximum atomic E-state index is 4.79. The van der Waals surface area contributed by atoms with E-state index in [9.17, 15) is 0 Å². The van der Waals surface area contributed by atoms with Crippen LogP contribution in [0.25, 0.3) is 0 Å². The van der Waals surface area contributed by atoms with Gasteiger partial charge in [-0.3, -0.25) is 0 Å². The quantitative estimate of drug-likeness (QED) is 0.774. The Morgan fingerprint density at radius 2 is 1.74 bits per heavy atom. The molecule has 2 unspecified atom stereocenters. The van der Waals surface area contributed by atoms with Crippen molar-refractivity contribution >= 4 is 5.82 Å². The van der Waals surface area contributed by atoms with Crippen molar-refractivity contribution in [3.8, 4) is 0 Å². The van der Waals surface area contributed by atoms with E-state index in [1.54, 1.807) is 0 Å². The van der Waals surface area contributed by atoms with Gasteiger partial charge in [0.05, 0.1) is 0 Å². The third-order valence-electron chi connectivity index (χ3n) is 5.69. The monoisotopic (exact) mass is 257 g/mol. The molecule has 0 spiro atoms. The SMILES string of the molecule is Cc1nc2c(c(N3CC4C(C3)C4(C)C)n1)CCCC2. The lowest BCUT2D eigenvalue weighted by molar-refractivity contribution is 0.496. The van der Waals surface area contributed by atoms with E-state index in [-0.39, 0.29) is 0 Å².